The van der Waals surface area contributed by atoms with Crippen molar-refractivity contribution in [3.8, 4) is 17.5 Å². The van der Waals surface area contributed by atoms with E-state index in [4.69, 9.17) is 5.26 Å². The molecule has 1 aromatic heterocycles. The largest absolute Gasteiger partial charge is 0.357 e. The summed E-state index contributed by atoms with van der Waals surface area (Å²) in [5.74, 6) is 1.56. The standard InChI is InChI=1S/C22H20N6O/c23-15-16-5-3-7-18(13-16)25-22(29)26-19-8-4-6-17(14-19)21-24-10-9-20(27-21)28-11-1-2-12-28/h3-10,13-14H,1-2,11-12H2,(H2,25,26,29). The van der Waals surface area contributed by atoms with Crippen molar-refractivity contribution in [1.82, 2.24) is 9.97 Å². The number of hydrogen-bond donors (Lipinski definition) is 2. The van der Waals surface area contributed by atoms with Crippen molar-refractivity contribution in [2.24, 2.45) is 0 Å². The molecule has 0 aliphatic carbocycles. The van der Waals surface area contributed by atoms with Gasteiger partial charge in [0.25, 0.3) is 0 Å². The molecule has 0 bridgehead atoms. The van der Waals surface area contributed by atoms with Crippen molar-refractivity contribution in [3.63, 3.8) is 0 Å². The Bertz CT molecular complexity index is 1070. The first kappa shape index (κ1) is 18.4. The predicted octanol–water partition coefficient (Wildman–Crippen LogP) is 4.26. The number of anilines is 3. The topological polar surface area (TPSA) is 93.9 Å². The van der Waals surface area contributed by atoms with Gasteiger partial charge < -0.3 is 15.5 Å². The predicted molar refractivity (Wildman–Crippen MR) is 113 cm³/mol. The summed E-state index contributed by atoms with van der Waals surface area (Å²) in [5, 5.41) is 14.5. The summed E-state index contributed by atoms with van der Waals surface area (Å²) in [4.78, 5) is 23.7. The molecule has 144 valence electrons. The number of carbonyl (C=O) groups excluding carboxylic acids is 1. The van der Waals surface area contributed by atoms with Crippen LogP contribution >= 0.6 is 0 Å². The summed E-state index contributed by atoms with van der Waals surface area (Å²) in [6.07, 6.45) is 4.14. The highest BCUT2D eigenvalue weighted by atomic mass is 16.2. The molecule has 4 rings (SSSR count). The number of hydrogen-bond acceptors (Lipinski definition) is 5. The number of nitrogens with zero attached hydrogens (tertiary/aromatic N) is 4. The van der Waals surface area contributed by atoms with E-state index in [2.05, 4.69) is 31.6 Å². The number of aromatic nitrogens is 2. The maximum atomic E-state index is 12.3. The number of nitriles is 1. The van der Waals surface area contributed by atoms with E-state index >= 15 is 0 Å². The normalized spacial score (nSPS) is 13.0. The van der Waals surface area contributed by atoms with Crippen LogP contribution in [-0.2, 0) is 0 Å². The van der Waals surface area contributed by atoms with Crippen LogP contribution in [0.4, 0.5) is 22.0 Å². The van der Waals surface area contributed by atoms with E-state index in [1.165, 1.54) is 12.8 Å². The van der Waals surface area contributed by atoms with Crippen molar-refractivity contribution in [3.05, 3.63) is 66.4 Å². The van der Waals surface area contributed by atoms with Crippen molar-refractivity contribution >= 4 is 23.2 Å². The van der Waals surface area contributed by atoms with Crippen LogP contribution in [0.5, 0.6) is 0 Å². The van der Waals surface area contributed by atoms with Gasteiger partial charge in [0.2, 0.25) is 0 Å². The number of rotatable bonds is 4. The summed E-state index contributed by atoms with van der Waals surface area (Å²) in [6.45, 7) is 2.04. The quantitative estimate of drug-likeness (QED) is 0.701. The molecule has 0 atom stereocenters. The molecular weight excluding hydrogens is 364 g/mol. The second-order valence-corrected chi connectivity index (χ2v) is 6.79. The lowest BCUT2D eigenvalue weighted by molar-refractivity contribution is 0.262. The highest BCUT2D eigenvalue weighted by Crippen LogP contribution is 2.23. The van der Waals surface area contributed by atoms with Gasteiger partial charge in [-0.3, -0.25) is 0 Å². The van der Waals surface area contributed by atoms with E-state index in [9.17, 15) is 4.79 Å². The van der Waals surface area contributed by atoms with Gasteiger partial charge >= 0.3 is 6.03 Å². The van der Waals surface area contributed by atoms with Crippen LogP contribution in [0.2, 0.25) is 0 Å². The fourth-order valence-corrected chi connectivity index (χ4v) is 3.31. The van der Waals surface area contributed by atoms with Gasteiger partial charge in [-0.05, 0) is 49.2 Å². The minimum Gasteiger partial charge on any atom is -0.357 e. The van der Waals surface area contributed by atoms with Crippen molar-refractivity contribution < 1.29 is 4.79 Å². The van der Waals surface area contributed by atoms with Gasteiger partial charge in [-0.1, -0.05) is 18.2 Å². The summed E-state index contributed by atoms with van der Waals surface area (Å²) in [7, 11) is 0. The number of benzene rings is 2. The number of carbonyl (C=O) groups is 1. The molecule has 1 fully saturated rings. The second-order valence-electron chi connectivity index (χ2n) is 6.79. The summed E-state index contributed by atoms with van der Waals surface area (Å²) >= 11 is 0. The Kier molecular flexibility index (Phi) is 5.34. The zero-order valence-electron chi connectivity index (χ0n) is 15.8. The van der Waals surface area contributed by atoms with Crippen LogP contribution in [0.25, 0.3) is 11.4 Å². The molecule has 7 nitrogen and oxygen atoms in total. The average Bonchev–Trinajstić information content (AvgIpc) is 3.29. The van der Waals surface area contributed by atoms with Gasteiger partial charge in [0.15, 0.2) is 5.82 Å². The van der Waals surface area contributed by atoms with Gasteiger partial charge in [-0.2, -0.15) is 5.26 Å². The average molecular weight is 384 g/mol. The molecule has 2 amide bonds. The van der Waals surface area contributed by atoms with E-state index in [1.807, 2.05) is 24.3 Å². The SMILES string of the molecule is N#Cc1cccc(NC(=O)Nc2cccc(-c3nccc(N4CCCC4)n3)c2)c1. The van der Waals surface area contributed by atoms with Crippen molar-refractivity contribution in [2.45, 2.75) is 12.8 Å². The van der Waals surface area contributed by atoms with E-state index in [0.717, 1.165) is 24.5 Å². The van der Waals surface area contributed by atoms with E-state index in [0.29, 0.717) is 22.8 Å². The Hall–Kier alpha value is -3.92. The zero-order valence-corrected chi connectivity index (χ0v) is 15.8. The molecule has 0 unspecified atom stereocenters. The van der Waals surface area contributed by atoms with Crippen LogP contribution in [0.1, 0.15) is 18.4 Å². The Morgan fingerprint density at radius 3 is 2.48 bits per heavy atom. The lowest BCUT2D eigenvalue weighted by Crippen LogP contribution is -2.19. The highest BCUT2D eigenvalue weighted by molar-refractivity contribution is 6.00. The molecule has 29 heavy (non-hydrogen) atoms. The molecule has 1 aliphatic rings. The van der Waals surface area contributed by atoms with Gasteiger partial charge in [-0.15, -0.1) is 0 Å². The molecule has 0 radical (unpaired) electrons. The van der Waals surface area contributed by atoms with Crippen LogP contribution in [0, 0.1) is 11.3 Å². The monoisotopic (exact) mass is 384 g/mol. The van der Waals surface area contributed by atoms with Crippen LogP contribution in [-0.4, -0.2) is 29.1 Å². The fourth-order valence-electron chi connectivity index (χ4n) is 3.31. The van der Waals surface area contributed by atoms with Crippen molar-refractivity contribution in [2.75, 3.05) is 28.6 Å². The number of amides is 2. The molecule has 7 heteroatoms. The third kappa shape index (κ3) is 4.50. The van der Waals surface area contributed by atoms with Crippen molar-refractivity contribution in [1.29, 1.82) is 5.26 Å². The summed E-state index contributed by atoms with van der Waals surface area (Å²) in [5.41, 5.74) is 2.50. The fraction of sp³-hybridized carbons (Fsp3) is 0.182. The van der Waals surface area contributed by atoms with Crippen LogP contribution in [0.15, 0.2) is 60.8 Å². The zero-order chi connectivity index (χ0) is 20.1. The minimum atomic E-state index is -0.385. The number of urea groups is 1. The molecule has 3 aromatic rings. The van der Waals surface area contributed by atoms with Gasteiger partial charge in [0, 0.05) is 36.2 Å². The summed E-state index contributed by atoms with van der Waals surface area (Å²) < 4.78 is 0. The van der Waals surface area contributed by atoms with Crippen LogP contribution in [0.3, 0.4) is 0 Å². The maximum absolute atomic E-state index is 12.3. The maximum Gasteiger partial charge on any atom is 0.323 e. The molecular formula is C22H20N6O. The van der Waals surface area contributed by atoms with E-state index in [1.54, 1.807) is 36.5 Å². The first-order valence-electron chi connectivity index (χ1n) is 9.48. The minimum absolute atomic E-state index is 0.385. The molecule has 1 aliphatic heterocycles. The van der Waals surface area contributed by atoms with Gasteiger partial charge in [0.1, 0.15) is 5.82 Å². The number of nitrogens with one attached hydrogen (secondary N) is 2. The molecule has 2 heterocycles. The van der Waals surface area contributed by atoms with E-state index < -0.39 is 0 Å². The Balaban J connectivity index is 1.48. The second kappa shape index (κ2) is 8.40. The smallest absolute Gasteiger partial charge is 0.323 e. The lowest BCUT2D eigenvalue weighted by atomic mass is 10.2. The van der Waals surface area contributed by atoms with Gasteiger partial charge in [-0.25, -0.2) is 14.8 Å². The van der Waals surface area contributed by atoms with Gasteiger partial charge in [0.05, 0.1) is 11.6 Å². The third-order valence-electron chi connectivity index (χ3n) is 4.70. The highest BCUT2D eigenvalue weighted by Gasteiger charge is 2.14. The Morgan fingerprint density at radius 2 is 1.72 bits per heavy atom. The Labute approximate surface area is 169 Å². The molecule has 2 aromatic carbocycles. The lowest BCUT2D eigenvalue weighted by Gasteiger charge is -2.16. The van der Waals surface area contributed by atoms with Crippen LogP contribution < -0.4 is 15.5 Å². The third-order valence-corrected chi connectivity index (χ3v) is 4.70. The molecule has 0 spiro atoms. The Morgan fingerprint density at radius 1 is 1.00 bits per heavy atom. The molecule has 1 saturated heterocycles. The summed E-state index contributed by atoms with van der Waals surface area (Å²) in [6, 6.07) is 17.8. The first-order valence-corrected chi connectivity index (χ1v) is 9.48. The van der Waals surface area contributed by atoms with E-state index in [-0.39, 0.29) is 6.03 Å². The first-order chi connectivity index (χ1) is 14.2. The molecule has 0 saturated carbocycles. The molecule has 2 N–H and O–H groups in total.